The Morgan fingerprint density at radius 2 is 1.22 bits per heavy atom. The lowest BCUT2D eigenvalue weighted by molar-refractivity contribution is 0.474. The van der Waals surface area contributed by atoms with Crippen LogP contribution in [0.4, 0.5) is 0 Å². The van der Waals surface area contributed by atoms with Gasteiger partial charge in [0.15, 0.2) is 0 Å². The molecule has 0 atom stereocenters. The summed E-state index contributed by atoms with van der Waals surface area (Å²) < 4.78 is 0. The highest BCUT2D eigenvalue weighted by atomic mass is 16.3. The van der Waals surface area contributed by atoms with Crippen LogP contribution in [0, 0.1) is 0 Å². The van der Waals surface area contributed by atoms with Crippen molar-refractivity contribution >= 4 is 24.3 Å². The predicted octanol–water partition coefficient (Wildman–Crippen LogP) is 4.16. The molecule has 3 rings (SSSR count). The molecule has 1 heterocycles. The van der Waals surface area contributed by atoms with E-state index in [9.17, 15) is 10.2 Å². The molecule has 23 heavy (non-hydrogen) atoms. The summed E-state index contributed by atoms with van der Waals surface area (Å²) in [5.41, 5.74) is 3.71. The van der Waals surface area contributed by atoms with E-state index < -0.39 is 0 Å². The molecule has 4 heteroatoms. The highest BCUT2D eigenvalue weighted by molar-refractivity contribution is 5.72. The zero-order valence-electron chi connectivity index (χ0n) is 12.3. The largest absolute Gasteiger partial charge is 0.508 e. The molecule has 2 aromatic carbocycles. The van der Waals surface area contributed by atoms with E-state index in [-0.39, 0.29) is 11.5 Å². The molecule has 0 spiro atoms. The van der Waals surface area contributed by atoms with Gasteiger partial charge in [-0.15, -0.1) is 0 Å². The number of hydrogen-bond donors (Lipinski definition) is 3. The van der Waals surface area contributed by atoms with E-state index >= 15 is 0 Å². The lowest BCUT2D eigenvalue weighted by Gasteiger charge is -1.93. The molecule has 0 aliphatic carbocycles. The van der Waals surface area contributed by atoms with E-state index in [1.807, 2.05) is 54.6 Å². The van der Waals surface area contributed by atoms with Gasteiger partial charge >= 0.3 is 0 Å². The summed E-state index contributed by atoms with van der Waals surface area (Å²) in [6.45, 7) is 0. The molecule has 4 nitrogen and oxygen atoms in total. The molecule has 0 saturated carbocycles. The molecule has 0 amide bonds. The van der Waals surface area contributed by atoms with Gasteiger partial charge in [0.2, 0.25) is 0 Å². The van der Waals surface area contributed by atoms with Gasteiger partial charge in [0, 0.05) is 0 Å². The molecule has 0 unspecified atom stereocenters. The molecule has 0 aliphatic rings. The van der Waals surface area contributed by atoms with Crippen molar-refractivity contribution in [2.75, 3.05) is 0 Å². The van der Waals surface area contributed by atoms with Crippen LogP contribution >= 0.6 is 0 Å². The zero-order valence-corrected chi connectivity index (χ0v) is 12.3. The third-order valence-electron chi connectivity index (χ3n) is 3.31. The van der Waals surface area contributed by atoms with Crippen molar-refractivity contribution in [3.8, 4) is 11.5 Å². The average Bonchev–Trinajstić information content (AvgIpc) is 3.02. The second-order valence-corrected chi connectivity index (χ2v) is 5.10. The number of nitrogens with zero attached hydrogens (tertiary/aromatic N) is 1. The Balaban J connectivity index is 1.68. The zero-order chi connectivity index (χ0) is 16.1. The summed E-state index contributed by atoms with van der Waals surface area (Å²) in [5.74, 6) is 0.508. The molecule has 0 bridgehead atoms. The molecule has 3 aromatic rings. The SMILES string of the molecule is Oc1ccc(/C=C/c2cc(/C=C/c3ccc(O)cc3)[nH]n2)cc1. The first-order valence-corrected chi connectivity index (χ1v) is 7.19. The highest BCUT2D eigenvalue weighted by Gasteiger charge is 1.95. The maximum atomic E-state index is 9.25. The Bertz CT molecular complexity index is 759. The summed E-state index contributed by atoms with van der Waals surface area (Å²) in [6.07, 6.45) is 7.71. The van der Waals surface area contributed by atoms with E-state index in [1.165, 1.54) is 0 Å². The molecule has 0 aliphatic heterocycles. The van der Waals surface area contributed by atoms with Crippen LogP contribution in [0.3, 0.4) is 0 Å². The topological polar surface area (TPSA) is 69.1 Å². The summed E-state index contributed by atoms with van der Waals surface area (Å²) in [6, 6.07) is 15.9. The quantitative estimate of drug-likeness (QED) is 0.678. The van der Waals surface area contributed by atoms with Crippen molar-refractivity contribution in [2.45, 2.75) is 0 Å². The second kappa shape index (κ2) is 6.66. The van der Waals surface area contributed by atoms with Crippen molar-refractivity contribution in [1.29, 1.82) is 0 Å². The van der Waals surface area contributed by atoms with Gasteiger partial charge in [0.1, 0.15) is 11.5 Å². The van der Waals surface area contributed by atoms with Gasteiger partial charge in [0.05, 0.1) is 11.4 Å². The normalized spacial score (nSPS) is 11.5. The average molecular weight is 304 g/mol. The number of phenolic OH excluding ortho intramolecular Hbond substituents is 2. The number of phenols is 2. The molecule has 1 aromatic heterocycles. The maximum Gasteiger partial charge on any atom is 0.115 e. The van der Waals surface area contributed by atoms with Crippen molar-refractivity contribution in [2.24, 2.45) is 0 Å². The predicted molar refractivity (Wildman–Crippen MR) is 92.7 cm³/mol. The van der Waals surface area contributed by atoms with Gasteiger partial charge in [-0.1, -0.05) is 36.4 Å². The van der Waals surface area contributed by atoms with Crippen LogP contribution in [0.2, 0.25) is 0 Å². The van der Waals surface area contributed by atoms with Gasteiger partial charge < -0.3 is 10.2 Å². The fourth-order valence-corrected chi connectivity index (χ4v) is 2.06. The van der Waals surface area contributed by atoms with Crippen LogP contribution in [-0.2, 0) is 0 Å². The summed E-state index contributed by atoms with van der Waals surface area (Å²) >= 11 is 0. The number of nitrogens with one attached hydrogen (secondary N) is 1. The van der Waals surface area contributed by atoms with Crippen LogP contribution in [-0.4, -0.2) is 20.4 Å². The number of aromatic nitrogens is 2. The van der Waals surface area contributed by atoms with E-state index in [2.05, 4.69) is 10.2 Å². The minimum atomic E-state index is 0.253. The first kappa shape index (κ1) is 14.7. The van der Waals surface area contributed by atoms with Crippen LogP contribution in [0.5, 0.6) is 11.5 Å². The van der Waals surface area contributed by atoms with Crippen LogP contribution in [0.1, 0.15) is 22.5 Å². The van der Waals surface area contributed by atoms with Gasteiger partial charge in [0.25, 0.3) is 0 Å². The highest BCUT2D eigenvalue weighted by Crippen LogP contribution is 2.14. The number of H-pyrrole nitrogens is 1. The second-order valence-electron chi connectivity index (χ2n) is 5.10. The summed E-state index contributed by atoms with van der Waals surface area (Å²) in [4.78, 5) is 0. The number of aromatic hydroxyl groups is 2. The molecule has 0 fully saturated rings. The van der Waals surface area contributed by atoms with Crippen molar-refractivity contribution in [3.63, 3.8) is 0 Å². The molecule has 0 saturated heterocycles. The Kier molecular flexibility index (Phi) is 4.25. The minimum Gasteiger partial charge on any atom is -0.508 e. The maximum absolute atomic E-state index is 9.25. The lowest BCUT2D eigenvalue weighted by atomic mass is 10.2. The number of hydrogen-bond acceptors (Lipinski definition) is 3. The van der Waals surface area contributed by atoms with Crippen LogP contribution < -0.4 is 0 Å². The summed E-state index contributed by atoms with van der Waals surface area (Å²) in [5, 5.41) is 25.7. The Labute approximate surface area is 134 Å². The van der Waals surface area contributed by atoms with Gasteiger partial charge in [-0.2, -0.15) is 5.10 Å². The van der Waals surface area contributed by atoms with Gasteiger partial charge in [-0.05, 0) is 53.6 Å². The van der Waals surface area contributed by atoms with Crippen molar-refractivity contribution in [3.05, 3.63) is 77.1 Å². The van der Waals surface area contributed by atoms with Crippen molar-refractivity contribution < 1.29 is 10.2 Å². The number of rotatable bonds is 4. The smallest absolute Gasteiger partial charge is 0.115 e. The molecular weight excluding hydrogens is 288 g/mol. The molecule has 114 valence electrons. The van der Waals surface area contributed by atoms with E-state index in [1.54, 1.807) is 24.3 Å². The lowest BCUT2D eigenvalue weighted by Crippen LogP contribution is -1.73. The van der Waals surface area contributed by atoms with Gasteiger partial charge in [-0.25, -0.2) is 0 Å². The van der Waals surface area contributed by atoms with Crippen LogP contribution in [0.25, 0.3) is 24.3 Å². The standard InChI is InChI=1S/C19H16N2O2/c22-18-9-3-14(4-10-18)1-7-16-13-17(21-20-16)8-2-15-5-11-19(23)12-6-15/h1-13,22-23H,(H,20,21)/b7-1+,8-2+. The van der Waals surface area contributed by atoms with Gasteiger partial charge in [-0.3, -0.25) is 5.10 Å². The number of benzene rings is 2. The Morgan fingerprint density at radius 1 is 0.696 bits per heavy atom. The summed E-state index contributed by atoms with van der Waals surface area (Å²) in [7, 11) is 0. The van der Waals surface area contributed by atoms with E-state index in [4.69, 9.17) is 0 Å². The third kappa shape index (κ3) is 4.11. The molecular formula is C19H16N2O2. The fraction of sp³-hybridized carbons (Fsp3) is 0. The van der Waals surface area contributed by atoms with E-state index in [0.29, 0.717) is 0 Å². The third-order valence-corrected chi connectivity index (χ3v) is 3.31. The molecule has 3 N–H and O–H groups in total. The number of aromatic amines is 1. The van der Waals surface area contributed by atoms with Crippen LogP contribution in [0.15, 0.2) is 54.6 Å². The Hall–Kier alpha value is -3.27. The van der Waals surface area contributed by atoms with Crippen molar-refractivity contribution in [1.82, 2.24) is 10.2 Å². The first-order chi connectivity index (χ1) is 11.2. The molecule has 0 radical (unpaired) electrons. The fourth-order valence-electron chi connectivity index (χ4n) is 2.06. The Morgan fingerprint density at radius 3 is 1.78 bits per heavy atom. The minimum absolute atomic E-state index is 0.253. The monoisotopic (exact) mass is 304 g/mol. The first-order valence-electron chi connectivity index (χ1n) is 7.19. The van der Waals surface area contributed by atoms with E-state index in [0.717, 1.165) is 22.5 Å².